The largest absolute Gasteiger partial charge is 0.347 e. The van der Waals surface area contributed by atoms with Crippen LogP contribution in [0.2, 0.25) is 0 Å². The number of benzene rings is 1. The van der Waals surface area contributed by atoms with Gasteiger partial charge in [0.1, 0.15) is 6.04 Å². The van der Waals surface area contributed by atoms with Gasteiger partial charge in [0.25, 0.3) is 0 Å². The third-order valence-corrected chi connectivity index (χ3v) is 4.29. The van der Waals surface area contributed by atoms with Gasteiger partial charge in [-0.3, -0.25) is 14.4 Å². The highest BCUT2D eigenvalue weighted by molar-refractivity contribution is 5.90. The first-order chi connectivity index (χ1) is 11.7. The molecule has 25 heavy (non-hydrogen) atoms. The summed E-state index contributed by atoms with van der Waals surface area (Å²) in [6.45, 7) is 5.84. The molecule has 6 heteroatoms. The fourth-order valence-corrected chi connectivity index (χ4v) is 3.11. The van der Waals surface area contributed by atoms with Crippen LogP contribution in [0.3, 0.4) is 0 Å². The van der Waals surface area contributed by atoms with Gasteiger partial charge in [-0.25, -0.2) is 0 Å². The maximum absolute atomic E-state index is 12.7. The second-order valence-electron chi connectivity index (χ2n) is 7.24. The molecule has 1 aromatic rings. The van der Waals surface area contributed by atoms with E-state index in [1.54, 1.807) is 19.0 Å². The Morgan fingerprint density at radius 2 is 1.92 bits per heavy atom. The molecule has 3 amide bonds. The summed E-state index contributed by atoms with van der Waals surface area (Å²) in [5.41, 5.74) is 2.73. The number of nitrogens with one attached hydrogen (secondary N) is 1. The molecule has 0 saturated heterocycles. The van der Waals surface area contributed by atoms with E-state index >= 15 is 0 Å². The highest BCUT2D eigenvalue weighted by atomic mass is 16.2. The van der Waals surface area contributed by atoms with Gasteiger partial charge in [0.05, 0.1) is 0 Å². The minimum absolute atomic E-state index is 0.00854. The summed E-state index contributed by atoms with van der Waals surface area (Å²) in [5, 5.41) is 2.77. The van der Waals surface area contributed by atoms with Crippen LogP contribution in [0.4, 0.5) is 5.69 Å². The minimum atomic E-state index is -0.472. The van der Waals surface area contributed by atoms with Crippen molar-refractivity contribution < 1.29 is 14.4 Å². The third-order valence-electron chi connectivity index (χ3n) is 4.29. The van der Waals surface area contributed by atoms with Crippen molar-refractivity contribution in [1.29, 1.82) is 0 Å². The molecule has 0 bridgehead atoms. The van der Waals surface area contributed by atoms with Crippen LogP contribution < -0.4 is 5.32 Å². The first-order valence-corrected chi connectivity index (χ1v) is 8.59. The van der Waals surface area contributed by atoms with Crippen LogP contribution in [-0.4, -0.2) is 47.7 Å². The van der Waals surface area contributed by atoms with E-state index in [1.807, 2.05) is 32.0 Å². The Labute approximate surface area is 149 Å². The molecule has 0 aliphatic carbocycles. The van der Waals surface area contributed by atoms with Gasteiger partial charge in [0, 0.05) is 46.1 Å². The van der Waals surface area contributed by atoms with Crippen molar-refractivity contribution in [2.75, 3.05) is 19.4 Å². The van der Waals surface area contributed by atoms with E-state index in [4.69, 9.17) is 0 Å². The van der Waals surface area contributed by atoms with Crippen LogP contribution >= 0.6 is 0 Å². The highest BCUT2D eigenvalue weighted by Gasteiger charge is 2.35. The zero-order valence-corrected chi connectivity index (χ0v) is 15.6. The molecule has 0 fully saturated rings. The Hall–Kier alpha value is -2.37. The molecule has 6 nitrogen and oxygen atoms in total. The lowest BCUT2D eigenvalue weighted by Crippen LogP contribution is -2.52. The van der Waals surface area contributed by atoms with Gasteiger partial charge in [0.2, 0.25) is 17.7 Å². The van der Waals surface area contributed by atoms with Crippen LogP contribution in [0.25, 0.3) is 0 Å². The molecule has 0 saturated carbocycles. The summed E-state index contributed by atoms with van der Waals surface area (Å²) in [4.78, 5) is 39.8. The number of amides is 3. The standard InChI is InChI=1S/C19H27N3O3/c1-12(2)8-18(24)22-11-15-9-16(20-13(3)23)7-6-14(15)10-17(22)19(25)21(4)5/h6-7,9,12,17H,8,10-11H2,1-5H3,(H,20,23). The number of hydrogen-bond acceptors (Lipinski definition) is 3. The Bertz CT molecular complexity index is 682. The van der Waals surface area contributed by atoms with Gasteiger partial charge in [-0.05, 0) is 29.2 Å². The van der Waals surface area contributed by atoms with Crippen LogP contribution in [0.5, 0.6) is 0 Å². The Morgan fingerprint density at radius 1 is 1.24 bits per heavy atom. The molecule has 2 rings (SSSR count). The van der Waals surface area contributed by atoms with Gasteiger partial charge in [-0.2, -0.15) is 0 Å². The zero-order valence-electron chi connectivity index (χ0n) is 15.6. The average Bonchev–Trinajstić information content (AvgIpc) is 2.51. The normalized spacial score (nSPS) is 16.4. The molecule has 0 aromatic heterocycles. The van der Waals surface area contributed by atoms with Crippen molar-refractivity contribution in [3.8, 4) is 0 Å². The molecule has 1 aliphatic rings. The van der Waals surface area contributed by atoms with Crippen molar-refractivity contribution in [1.82, 2.24) is 9.80 Å². The van der Waals surface area contributed by atoms with E-state index in [-0.39, 0.29) is 23.6 Å². The maximum atomic E-state index is 12.7. The third kappa shape index (κ3) is 4.59. The van der Waals surface area contributed by atoms with E-state index < -0.39 is 6.04 Å². The second kappa shape index (κ2) is 7.68. The zero-order chi connectivity index (χ0) is 18.7. The van der Waals surface area contributed by atoms with Crippen molar-refractivity contribution >= 4 is 23.4 Å². The SMILES string of the molecule is CC(=O)Nc1ccc2c(c1)CN(C(=O)CC(C)C)C(C(=O)N(C)C)C2. The molecule has 0 radical (unpaired) electrons. The minimum Gasteiger partial charge on any atom is -0.347 e. The van der Waals surface area contributed by atoms with E-state index in [0.717, 1.165) is 11.1 Å². The van der Waals surface area contributed by atoms with E-state index in [2.05, 4.69) is 5.32 Å². The lowest BCUT2D eigenvalue weighted by Gasteiger charge is -2.37. The Balaban J connectivity index is 2.34. The number of nitrogens with zero attached hydrogens (tertiary/aromatic N) is 2. The van der Waals surface area contributed by atoms with Gasteiger partial charge >= 0.3 is 0 Å². The number of rotatable bonds is 4. The molecule has 1 heterocycles. The first-order valence-electron chi connectivity index (χ1n) is 8.59. The number of hydrogen-bond donors (Lipinski definition) is 1. The number of fused-ring (bicyclic) bond motifs is 1. The summed E-state index contributed by atoms with van der Waals surface area (Å²) in [6, 6.07) is 5.19. The topological polar surface area (TPSA) is 69.7 Å². The van der Waals surface area contributed by atoms with E-state index in [9.17, 15) is 14.4 Å². The van der Waals surface area contributed by atoms with Gasteiger partial charge in [0.15, 0.2) is 0 Å². The van der Waals surface area contributed by atoms with Crippen LogP contribution in [0.1, 0.15) is 38.3 Å². The van der Waals surface area contributed by atoms with Crippen LogP contribution in [0, 0.1) is 5.92 Å². The molecule has 1 N–H and O–H groups in total. The van der Waals surface area contributed by atoms with Crippen molar-refractivity contribution in [2.24, 2.45) is 5.92 Å². The molecular weight excluding hydrogens is 318 g/mol. The van der Waals surface area contributed by atoms with Crippen LogP contribution in [-0.2, 0) is 27.3 Å². The summed E-state index contributed by atoms with van der Waals surface area (Å²) in [6.07, 6.45) is 0.911. The van der Waals surface area contributed by atoms with Crippen molar-refractivity contribution in [3.05, 3.63) is 29.3 Å². The fourth-order valence-electron chi connectivity index (χ4n) is 3.11. The molecular formula is C19H27N3O3. The number of carbonyl (C=O) groups is 3. The number of likely N-dealkylation sites (N-methyl/N-ethyl adjacent to an activating group) is 1. The predicted octanol–water partition coefficient (Wildman–Crippen LogP) is 2.03. The number of carbonyl (C=O) groups excluding carboxylic acids is 3. The molecule has 1 unspecified atom stereocenters. The van der Waals surface area contributed by atoms with Gasteiger partial charge in [-0.1, -0.05) is 19.9 Å². The summed E-state index contributed by atoms with van der Waals surface area (Å²) in [7, 11) is 3.42. The molecule has 0 spiro atoms. The molecule has 1 aliphatic heterocycles. The monoisotopic (exact) mass is 345 g/mol. The van der Waals surface area contributed by atoms with E-state index in [1.165, 1.54) is 11.8 Å². The predicted molar refractivity (Wildman–Crippen MR) is 96.9 cm³/mol. The average molecular weight is 345 g/mol. The molecule has 136 valence electrons. The van der Waals surface area contributed by atoms with Crippen LogP contribution in [0.15, 0.2) is 18.2 Å². The van der Waals surface area contributed by atoms with Gasteiger partial charge < -0.3 is 15.1 Å². The van der Waals surface area contributed by atoms with Crippen molar-refractivity contribution in [2.45, 2.75) is 46.2 Å². The summed E-state index contributed by atoms with van der Waals surface area (Å²) in [5.74, 6) is 0.0263. The van der Waals surface area contributed by atoms with Gasteiger partial charge in [-0.15, -0.1) is 0 Å². The molecule has 1 aromatic carbocycles. The lowest BCUT2D eigenvalue weighted by atomic mass is 9.92. The fraction of sp³-hybridized carbons (Fsp3) is 0.526. The Kier molecular flexibility index (Phi) is 5.82. The Morgan fingerprint density at radius 3 is 2.48 bits per heavy atom. The number of anilines is 1. The quantitative estimate of drug-likeness (QED) is 0.908. The maximum Gasteiger partial charge on any atom is 0.245 e. The summed E-state index contributed by atoms with van der Waals surface area (Å²) >= 11 is 0. The molecule has 1 atom stereocenters. The second-order valence-corrected chi connectivity index (χ2v) is 7.24. The van der Waals surface area contributed by atoms with E-state index in [0.29, 0.717) is 25.1 Å². The van der Waals surface area contributed by atoms with Crippen molar-refractivity contribution in [3.63, 3.8) is 0 Å². The lowest BCUT2D eigenvalue weighted by molar-refractivity contribution is -0.146. The first kappa shape index (κ1) is 19.0. The summed E-state index contributed by atoms with van der Waals surface area (Å²) < 4.78 is 0. The smallest absolute Gasteiger partial charge is 0.245 e. The highest BCUT2D eigenvalue weighted by Crippen LogP contribution is 2.28.